The molecule has 0 bridgehead atoms. The number of hydrogen-bond donors (Lipinski definition) is 0. The summed E-state index contributed by atoms with van der Waals surface area (Å²) >= 11 is 0. The highest BCUT2D eigenvalue weighted by atomic mass is 32.3. The highest BCUT2D eigenvalue weighted by Gasteiger charge is 2.01. The molecule has 0 atom stereocenters. The Bertz CT molecular complexity index is 117. The van der Waals surface area contributed by atoms with Crippen LogP contribution in [0.5, 0.6) is 0 Å². The summed E-state index contributed by atoms with van der Waals surface area (Å²) in [6.07, 6.45) is 0. The van der Waals surface area contributed by atoms with Crippen molar-refractivity contribution in [2.45, 2.75) is 0 Å². The van der Waals surface area contributed by atoms with Crippen LogP contribution in [0.1, 0.15) is 0 Å². The molecule has 0 unspecified atom stereocenters. The van der Waals surface area contributed by atoms with Gasteiger partial charge in [0, 0.05) is 8.41 Å². The van der Waals surface area contributed by atoms with Crippen molar-refractivity contribution in [2.24, 2.45) is 0 Å². The second-order valence-corrected chi connectivity index (χ2v) is 2.22. The summed E-state index contributed by atoms with van der Waals surface area (Å²) in [7, 11) is -1.60. The van der Waals surface area contributed by atoms with Crippen molar-refractivity contribution in [3.05, 3.63) is 0 Å². The minimum absolute atomic E-state index is 0. The van der Waals surface area contributed by atoms with Gasteiger partial charge in [-0.2, -0.15) is 8.42 Å². The SMILES string of the molecule is COS(=O)(=O)OC.[B]. The Morgan fingerprint density at radius 3 is 1.38 bits per heavy atom. The summed E-state index contributed by atoms with van der Waals surface area (Å²) in [6, 6.07) is 0. The van der Waals surface area contributed by atoms with Crippen LogP contribution < -0.4 is 0 Å². The molecule has 0 saturated carbocycles. The Morgan fingerprint density at radius 1 is 1.12 bits per heavy atom. The maximum absolute atomic E-state index is 9.92. The van der Waals surface area contributed by atoms with Gasteiger partial charge in [-0.3, -0.25) is 8.37 Å². The minimum atomic E-state index is -3.66. The Morgan fingerprint density at radius 2 is 1.38 bits per heavy atom. The molecule has 8 heavy (non-hydrogen) atoms. The first kappa shape index (κ1) is 10.8. The van der Waals surface area contributed by atoms with Crippen molar-refractivity contribution in [1.82, 2.24) is 0 Å². The van der Waals surface area contributed by atoms with E-state index in [1.807, 2.05) is 0 Å². The van der Waals surface area contributed by atoms with E-state index in [-0.39, 0.29) is 8.41 Å². The fourth-order valence-corrected chi connectivity index (χ4v) is 0.204. The van der Waals surface area contributed by atoms with Crippen LogP contribution in [0, 0.1) is 0 Å². The Hall–Kier alpha value is -0.0651. The zero-order valence-electron chi connectivity index (χ0n) is 4.62. The number of rotatable bonds is 2. The molecular weight excluding hydrogens is 131 g/mol. The second-order valence-electron chi connectivity index (χ2n) is 0.742. The van der Waals surface area contributed by atoms with Crippen LogP contribution in [0.3, 0.4) is 0 Å². The standard InChI is InChI=1S/C2H6O4S.B/c1-5-7(3,4)6-2;/h1-2H3;. The van der Waals surface area contributed by atoms with Gasteiger partial charge in [-0.25, -0.2) is 0 Å². The van der Waals surface area contributed by atoms with Crippen LogP contribution in [0.15, 0.2) is 0 Å². The first-order valence-electron chi connectivity index (χ1n) is 1.48. The molecular formula is C2H6BO4S. The lowest BCUT2D eigenvalue weighted by molar-refractivity contribution is 0.286. The quantitative estimate of drug-likeness (QED) is 0.465. The van der Waals surface area contributed by atoms with Gasteiger partial charge in [-0.1, -0.05) is 0 Å². The molecule has 6 heteroatoms. The van der Waals surface area contributed by atoms with E-state index in [1.165, 1.54) is 0 Å². The third kappa shape index (κ3) is 4.10. The molecule has 0 aromatic rings. The summed E-state index contributed by atoms with van der Waals surface area (Å²) in [5.41, 5.74) is 0. The molecule has 0 amide bonds. The lowest BCUT2D eigenvalue weighted by Gasteiger charge is -1.91. The van der Waals surface area contributed by atoms with Crippen molar-refractivity contribution in [1.29, 1.82) is 0 Å². The van der Waals surface area contributed by atoms with Crippen LogP contribution in [0.2, 0.25) is 0 Å². The maximum Gasteiger partial charge on any atom is 0.399 e. The molecule has 0 aromatic carbocycles. The maximum atomic E-state index is 9.92. The zero-order chi connectivity index (χ0) is 5.91. The lowest BCUT2D eigenvalue weighted by Crippen LogP contribution is -2.02. The van der Waals surface area contributed by atoms with Crippen LogP contribution in [-0.2, 0) is 18.8 Å². The molecule has 0 fully saturated rings. The average molecular weight is 137 g/mol. The molecule has 0 aliphatic rings. The molecule has 3 radical (unpaired) electrons. The fraction of sp³-hybridized carbons (Fsp3) is 1.00. The fourth-order valence-electron chi connectivity index (χ4n) is 0.0680. The van der Waals surface area contributed by atoms with Crippen molar-refractivity contribution in [3.8, 4) is 0 Å². The molecule has 0 saturated heterocycles. The first-order chi connectivity index (χ1) is 3.12. The third-order valence-electron chi connectivity index (χ3n) is 0.408. The zero-order valence-corrected chi connectivity index (χ0v) is 5.44. The van der Waals surface area contributed by atoms with Gasteiger partial charge < -0.3 is 0 Å². The summed E-state index contributed by atoms with van der Waals surface area (Å²) in [5, 5.41) is 0. The predicted octanol–water partition coefficient (Wildman–Crippen LogP) is -0.857. The normalized spacial score (nSPS) is 10.2. The van der Waals surface area contributed by atoms with E-state index < -0.39 is 10.4 Å². The molecule has 0 N–H and O–H groups in total. The van der Waals surface area contributed by atoms with E-state index in [4.69, 9.17) is 0 Å². The lowest BCUT2D eigenvalue weighted by atomic mass is 10.8. The largest absolute Gasteiger partial charge is 0.399 e. The Labute approximate surface area is 50.7 Å². The Kier molecular flexibility index (Phi) is 5.25. The van der Waals surface area contributed by atoms with E-state index in [0.29, 0.717) is 0 Å². The van der Waals surface area contributed by atoms with Crippen molar-refractivity contribution in [3.63, 3.8) is 0 Å². The van der Waals surface area contributed by atoms with Crippen LogP contribution in [0.4, 0.5) is 0 Å². The second kappa shape index (κ2) is 3.88. The van der Waals surface area contributed by atoms with E-state index in [0.717, 1.165) is 14.2 Å². The van der Waals surface area contributed by atoms with Gasteiger partial charge in [0.1, 0.15) is 0 Å². The molecule has 0 aliphatic carbocycles. The first-order valence-corrected chi connectivity index (χ1v) is 2.82. The number of hydrogen-bond acceptors (Lipinski definition) is 4. The summed E-state index contributed by atoms with van der Waals surface area (Å²) in [6.45, 7) is 0. The molecule has 0 heterocycles. The highest BCUT2D eigenvalue weighted by Crippen LogP contribution is 1.85. The minimum Gasteiger partial charge on any atom is -0.252 e. The van der Waals surface area contributed by atoms with Gasteiger partial charge in [-0.15, -0.1) is 0 Å². The van der Waals surface area contributed by atoms with Gasteiger partial charge in [0.05, 0.1) is 14.2 Å². The smallest absolute Gasteiger partial charge is 0.252 e. The van der Waals surface area contributed by atoms with E-state index in [9.17, 15) is 8.42 Å². The monoisotopic (exact) mass is 137 g/mol. The molecule has 0 rings (SSSR count). The summed E-state index contributed by atoms with van der Waals surface area (Å²) < 4.78 is 27.5. The van der Waals surface area contributed by atoms with Gasteiger partial charge in [-0.05, 0) is 0 Å². The third-order valence-corrected chi connectivity index (χ3v) is 1.22. The van der Waals surface area contributed by atoms with Crippen molar-refractivity contribution in [2.75, 3.05) is 14.2 Å². The highest BCUT2D eigenvalue weighted by molar-refractivity contribution is 7.81. The Balaban J connectivity index is 0. The van der Waals surface area contributed by atoms with Crippen molar-refractivity contribution < 1.29 is 16.8 Å². The van der Waals surface area contributed by atoms with Crippen LogP contribution in [0.25, 0.3) is 0 Å². The van der Waals surface area contributed by atoms with E-state index in [2.05, 4.69) is 8.37 Å². The van der Waals surface area contributed by atoms with Crippen LogP contribution in [-0.4, -0.2) is 31.1 Å². The summed E-state index contributed by atoms with van der Waals surface area (Å²) in [5.74, 6) is 0. The average Bonchev–Trinajstić information content (AvgIpc) is 1.68. The van der Waals surface area contributed by atoms with Gasteiger partial charge in [0.15, 0.2) is 0 Å². The molecule has 4 nitrogen and oxygen atoms in total. The predicted molar refractivity (Wildman–Crippen MR) is 28.7 cm³/mol. The van der Waals surface area contributed by atoms with Crippen LogP contribution >= 0.6 is 0 Å². The van der Waals surface area contributed by atoms with E-state index in [1.54, 1.807) is 0 Å². The summed E-state index contributed by atoms with van der Waals surface area (Å²) in [4.78, 5) is 0. The van der Waals surface area contributed by atoms with Crippen molar-refractivity contribution >= 4 is 18.8 Å². The molecule has 0 spiro atoms. The molecule has 47 valence electrons. The van der Waals surface area contributed by atoms with Gasteiger partial charge >= 0.3 is 10.4 Å². The van der Waals surface area contributed by atoms with Gasteiger partial charge in [0.2, 0.25) is 0 Å². The van der Waals surface area contributed by atoms with E-state index >= 15 is 0 Å². The molecule has 0 aromatic heterocycles. The van der Waals surface area contributed by atoms with Gasteiger partial charge in [0.25, 0.3) is 0 Å². The molecule has 0 aliphatic heterocycles. The topological polar surface area (TPSA) is 52.6 Å².